The third kappa shape index (κ3) is 5.26. The predicted molar refractivity (Wildman–Crippen MR) is 68.7 cm³/mol. The van der Waals surface area contributed by atoms with Gasteiger partial charge in [0.2, 0.25) is 0 Å². The van der Waals surface area contributed by atoms with Crippen molar-refractivity contribution in [3.63, 3.8) is 0 Å². The zero-order chi connectivity index (χ0) is 13.4. The predicted octanol–water partition coefficient (Wildman–Crippen LogP) is 1.15. The minimum atomic E-state index is -0.779. The molecule has 0 aliphatic carbocycles. The lowest BCUT2D eigenvalue weighted by Crippen LogP contribution is -2.37. The van der Waals surface area contributed by atoms with Gasteiger partial charge in [-0.2, -0.15) is 0 Å². The molecule has 0 aliphatic heterocycles. The highest BCUT2D eigenvalue weighted by Crippen LogP contribution is 2.04. The van der Waals surface area contributed by atoms with Crippen LogP contribution in [0.2, 0.25) is 5.15 Å². The smallest absolute Gasteiger partial charge is 0.269 e. The molecule has 1 aromatic rings. The maximum absolute atomic E-state index is 10.3. The second kappa shape index (κ2) is 7.23. The number of halogens is 1. The van der Waals surface area contributed by atoms with Crippen LogP contribution in [0.25, 0.3) is 0 Å². The summed E-state index contributed by atoms with van der Waals surface area (Å²) in [6.45, 7) is 4.22. The lowest BCUT2D eigenvalue weighted by atomic mass is 10.3. The highest BCUT2D eigenvalue weighted by Gasteiger charge is 2.03. The average Bonchev–Trinajstić information content (AvgIpc) is 2.34. The number of hydrogen-bond donors (Lipinski definition) is 2. The molecule has 0 fully saturated rings. The fraction of sp³-hybridized carbons (Fsp3) is 0.200. The Morgan fingerprint density at radius 3 is 2.94 bits per heavy atom. The van der Waals surface area contributed by atoms with Crippen LogP contribution >= 0.6 is 11.6 Å². The molecule has 0 spiro atoms. The van der Waals surface area contributed by atoms with Gasteiger partial charge < -0.3 is 10.6 Å². The molecular formula is C10H12ClN5O2. The van der Waals surface area contributed by atoms with Crippen molar-refractivity contribution in [3.05, 3.63) is 51.8 Å². The van der Waals surface area contributed by atoms with Gasteiger partial charge in [-0.3, -0.25) is 0 Å². The van der Waals surface area contributed by atoms with Gasteiger partial charge in [-0.1, -0.05) is 23.7 Å². The molecule has 0 radical (unpaired) electrons. The van der Waals surface area contributed by atoms with Gasteiger partial charge >= 0.3 is 0 Å². The van der Waals surface area contributed by atoms with Gasteiger partial charge in [-0.05, 0) is 11.6 Å². The number of rotatable bonds is 5. The monoisotopic (exact) mass is 269 g/mol. The maximum atomic E-state index is 10.3. The quantitative estimate of drug-likeness (QED) is 0.209. The van der Waals surface area contributed by atoms with Gasteiger partial charge in [0.05, 0.1) is 0 Å². The van der Waals surface area contributed by atoms with Crippen molar-refractivity contribution in [1.82, 2.24) is 15.6 Å². The average molecular weight is 270 g/mol. The first-order chi connectivity index (χ1) is 8.61. The fourth-order valence-electron chi connectivity index (χ4n) is 1.08. The van der Waals surface area contributed by atoms with Crippen molar-refractivity contribution in [1.29, 1.82) is 0 Å². The highest BCUT2D eigenvalue weighted by atomic mass is 35.5. The first-order valence-electron chi connectivity index (χ1n) is 5.04. The molecule has 7 nitrogen and oxygen atoms in total. The van der Waals surface area contributed by atoms with Crippen molar-refractivity contribution in [2.24, 2.45) is 5.10 Å². The van der Waals surface area contributed by atoms with E-state index in [2.05, 4.69) is 27.3 Å². The summed E-state index contributed by atoms with van der Waals surface area (Å²) in [4.78, 5) is 14.2. The largest absolute Gasteiger partial charge is 0.348 e. The van der Waals surface area contributed by atoms with Gasteiger partial charge in [0.15, 0.2) is 5.03 Å². The number of nitro groups is 1. The molecule has 0 saturated carbocycles. The Morgan fingerprint density at radius 1 is 1.61 bits per heavy atom. The normalized spacial score (nSPS) is 10.8. The molecule has 0 amide bonds. The summed E-state index contributed by atoms with van der Waals surface area (Å²) >= 11 is 5.64. The molecule has 0 unspecified atom stereocenters. The van der Waals surface area contributed by atoms with Crippen LogP contribution in [0.4, 0.5) is 0 Å². The van der Waals surface area contributed by atoms with Crippen molar-refractivity contribution in [2.75, 3.05) is 6.54 Å². The number of pyridine rings is 1. The van der Waals surface area contributed by atoms with Crippen LogP contribution in [0.3, 0.4) is 0 Å². The number of nitrogens with zero attached hydrogens (tertiary/aromatic N) is 3. The van der Waals surface area contributed by atoms with Crippen LogP contribution in [-0.4, -0.2) is 22.5 Å². The van der Waals surface area contributed by atoms with E-state index in [9.17, 15) is 10.1 Å². The van der Waals surface area contributed by atoms with E-state index in [-0.39, 0.29) is 5.96 Å². The number of nitrogens with one attached hydrogen (secondary N) is 2. The van der Waals surface area contributed by atoms with Crippen LogP contribution in [0.15, 0.2) is 36.1 Å². The highest BCUT2D eigenvalue weighted by molar-refractivity contribution is 6.29. The Bertz CT molecular complexity index is 446. The molecule has 1 aromatic heterocycles. The van der Waals surface area contributed by atoms with Crippen molar-refractivity contribution < 1.29 is 5.03 Å². The molecule has 0 bridgehead atoms. The van der Waals surface area contributed by atoms with E-state index in [1.165, 1.54) is 0 Å². The number of guanidine groups is 1. The zero-order valence-electron chi connectivity index (χ0n) is 9.47. The van der Waals surface area contributed by atoms with Crippen molar-refractivity contribution in [2.45, 2.75) is 6.54 Å². The summed E-state index contributed by atoms with van der Waals surface area (Å²) in [5.74, 6) is 0.0647. The van der Waals surface area contributed by atoms with Crippen LogP contribution in [0, 0.1) is 10.1 Å². The fourth-order valence-corrected chi connectivity index (χ4v) is 1.19. The molecule has 8 heteroatoms. The van der Waals surface area contributed by atoms with Crippen LogP contribution in [0.1, 0.15) is 5.56 Å². The van der Waals surface area contributed by atoms with E-state index in [4.69, 9.17) is 11.6 Å². The Balaban J connectivity index is 2.58. The van der Waals surface area contributed by atoms with Crippen LogP contribution in [-0.2, 0) is 6.54 Å². The van der Waals surface area contributed by atoms with Gasteiger partial charge in [0, 0.05) is 19.3 Å². The number of aromatic nitrogens is 1. The lowest BCUT2D eigenvalue weighted by molar-refractivity contribution is -0.485. The maximum Gasteiger partial charge on any atom is 0.269 e. The molecule has 18 heavy (non-hydrogen) atoms. The molecule has 0 atom stereocenters. The van der Waals surface area contributed by atoms with E-state index in [0.29, 0.717) is 18.2 Å². The minimum Gasteiger partial charge on any atom is -0.348 e. The third-order valence-electron chi connectivity index (χ3n) is 1.84. The Hall–Kier alpha value is -2.15. The molecule has 0 saturated heterocycles. The summed E-state index contributed by atoms with van der Waals surface area (Å²) in [5.41, 5.74) is 0.829. The standard InChI is InChI=1S/C10H12ClN5O2/c1-2-5-12-10(15-16(17)18)14-7-8-3-4-9(11)13-6-8/h2-4,6H,1,5,7H2,(H2,12,14,15). The lowest BCUT2D eigenvalue weighted by Gasteiger charge is -2.07. The summed E-state index contributed by atoms with van der Waals surface area (Å²) in [5, 5.41) is 18.6. The molecule has 0 aliphatic rings. The van der Waals surface area contributed by atoms with Gasteiger partial charge in [0.25, 0.3) is 5.96 Å². The van der Waals surface area contributed by atoms with Gasteiger partial charge in [0.1, 0.15) is 10.3 Å². The number of hydrogen-bond acceptors (Lipinski definition) is 3. The van der Waals surface area contributed by atoms with E-state index in [0.717, 1.165) is 5.56 Å². The first kappa shape index (κ1) is 13.9. The van der Waals surface area contributed by atoms with E-state index < -0.39 is 5.03 Å². The molecular weight excluding hydrogens is 258 g/mol. The zero-order valence-corrected chi connectivity index (χ0v) is 10.2. The SMILES string of the molecule is C=CCN/C(=N\[N+](=O)[O-])NCc1ccc(Cl)nc1. The molecule has 96 valence electrons. The van der Waals surface area contributed by atoms with Crippen LogP contribution < -0.4 is 10.6 Å². The van der Waals surface area contributed by atoms with Gasteiger partial charge in [-0.25, -0.2) is 15.1 Å². The van der Waals surface area contributed by atoms with Gasteiger partial charge in [-0.15, -0.1) is 6.58 Å². The first-order valence-corrected chi connectivity index (χ1v) is 5.41. The van der Waals surface area contributed by atoms with Crippen LogP contribution in [0.5, 0.6) is 0 Å². The van der Waals surface area contributed by atoms with E-state index >= 15 is 0 Å². The molecule has 1 heterocycles. The molecule has 0 aromatic carbocycles. The third-order valence-corrected chi connectivity index (χ3v) is 2.07. The Morgan fingerprint density at radius 2 is 2.39 bits per heavy atom. The molecule has 2 N–H and O–H groups in total. The minimum absolute atomic E-state index is 0.0647. The number of hydrazone groups is 1. The molecule has 1 rings (SSSR count). The van der Waals surface area contributed by atoms with E-state index in [1.807, 2.05) is 0 Å². The van der Waals surface area contributed by atoms with Crippen molar-refractivity contribution in [3.8, 4) is 0 Å². The summed E-state index contributed by atoms with van der Waals surface area (Å²) < 4.78 is 0. The van der Waals surface area contributed by atoms with Crippen molar-refractivity contribution >= 4 is 17.6 Å². The summed E-state index contributed by atoms with van der Waals surface area (Å²) in [7, 11) is 0. The second-order valence-corrected chi connectivity index (χ2v) is 3.59. The Kier molecular flexibility index (Phi) is 5.59. The second-order valence-electron chi connectivity index (χ2n) is 3.20. The Labute approximate surface area is 109 Å². The topological polar surface area (TPSA) is 92.5 Å². The summed E-state index contributed by atoms with van der Waals surface area (Å²) in [6, 6.07) is 3.40. The van der Waals surface area contributed by atoms with E-state index in [1.54, 1.807) is 24.4 Å². The summed E-state index contributed by atoms with van der Waals surface area (Å²) in [6.07, 6.45) is 3.15.